The van der Waals surface area contributed by atoms with Gasteiger partial charge >= 0.3 is 0 Å². The lowest BCUT2D eigenvalue weighted by molar-refractivity contribution is 0.221. The van der Waals surface area contributed by atoms with Crippen molar-refractivity contribution in [3.8, 4) is 0 Å². The highest BCUT2D eigenvalue weighted by molar-refractivity contribution is 4.67. The highest BCUT2D eigenvalue weighted by Crippen LogP contribution is 1.89. The summed E-state index contributed by atoms with van der Waals surface area (Å²) >= 11 is 0. The molecule has 0 unspecified atom stereocenters. The first-order chi connectivity index (χ1) is 5.56. The van der Waals surface area contributed by atoms with Crippen molar-refractivity contribution in [2.24, 2.45) is 5.73 Å². The van der Waals surface area contributed by atoms with Gasteiger partial charge in [-0.25, -0.2) is 0 Å². The van der Waals surface area contributed by atoms with Gasteiger partial charge in [0, 0.05) is 5.54 Å². The molecule has 0 aromatic rings. The molecular formula is C10H23NO. The molecule has 0 aliphatic heterocycles. The third-order valence-electron chi connectivity index (χ3n) is 0.408. The number of rotatable bonds is 1. The van der Waals surface area contributed by atoms with Crippen LogP contribution in [0.15, 0.2) is 39.5 Å². The SMILES string of the molecule is C=C.C=C.C=C.CC(C)(N)CO. The van der Waals surface area contributed by atoms with Gasteiger partial charge in [0.2, 0.25) is 0 Å². The lowest BCUT2D eigenvalue weighted by Crippen LogP contribution is -2.35. The molecule has 0 aromatic carbocycles. The van der Waals surface area contributed by atoms with Crippen molar-refractivity contribution in [2.75, 3.05) is 6.61 Å². The van der Waals surface area contributed by atoms with E-state index in [2.05, 4.69) is 39.5 Å². The molecule has 0 atom stereocenters. The summed E-state index contributed by atoms with van der Waals surface area (Å²) in [5.74, 6) is 0. The Morgan fingerprint density at radius 2 is 1.08 bits per heavy atom. The average Bonchev–Trinajstić information content (AvgIpc) is 2.14. The summed E-state index contributed by atoms with van der Waals surface area (Å²) in [6.07, 6.45) is 0. The van der Waals surface area contributed by atoms with E-state index in [1.54, 1.807) is 13.8 Å². The van der Waals surface area contributed by atoms with E-state index < -0.39 is 5.54 Å². The van der Waals surface area contributed by atoms with Gasteiger partial charge in [0.1, 0.15) is 0 Å². The fourth-order valence-electron chi connectivity index (χ4n) is 0. The second-order valence-corrected chi connectivity index (χ2v) is 2.15. The van der Waals surface area contributed by atoms with Crippen LogP contribution >= 0.6 is 0 Å². The molecule has 0 aliphatic carbocycles. The molecule has 2 nitrogen and oxygen atoms in total. The predicted octanol–water partition coefficient (Wildman–Crippen LogP) is 2.12. The number of hydrogen-bond acceptors (Lipinski definition) is 2. The fourth-order valence-corrected chi connectivity index (χ4v) is 0. The molecule has 0 fully saturated rings. The van der Waals surface area contributed by atoms with E-state index in [4.69, 9.17) is 10.8 Å². The first-order valence-corrected chi connectivity index (χ1v) is 3.46. The molecule has 2 heteroatoms. The standard InChI is InChI=1S/C4H11NO.3C2H4/c1-4(2,5)3-6;3*1-2/h6H,3,5H2,1-2H3;3*1-2H2. The predicted molar refractivity (Wildman–Crippen MR) is 59.1 cm³/mol. The van der Waals surface area contributed by atoms with Crippen molar-refractivity contribution in [1.29, 1.82) is 0 Å². The molecule has 0 radical (unpaired) electrons. The van der Waals surface area contributed by atoms with Crippen molar-refractivity contribution in [3.63, 3.8) is 0 Å². The lowest BCUT2D eigenvalue weighted by Gasteiger charge is -2.12. The maximum atomic E-state index is 8.28. The molecule has 0 bridgehead atoms. The van der Waals surface area contributed by atoms with Gasteiger partial charge in [-0.2, -0.15) is 0 Å². The van der Waals surface area contributed by atoms with Gasteiger partial charge < -0.3 is 10.8 Å². The third-order valence-corrected chi connectivity index (χ3v) is 0.408. The molecule has 0 heterocycles. The minimum absolute atomic E-state index is 0.0486. The van der Waals surface area contributed by atoms with Gasteiger partial charge in [-0.3, -0.25) is 0 Å². The van der Waals surface area contributed by atoms with E-state index in [0.29, 0.717) is 0 Å². The summed E-state index contributed by atoms with van der Waals surface area (Å²) in [4.78, 5) is 0. The average molecular weight is 173 g/mol. The van der Waals surface area contributed by atoms with Gasteiger partial charge in [-0.15, -0.1) is 39.5 Å². The summed E-state index contributed by atoms with van der Waals surface area (Å²) in [5.41, 5.74) is 4.88. The summed E-state index contributed by atoms with van der Waals surface area (Å²) in [6, 6.07) is 0. The second-order valence-electron chi connectivity index (χ2n) is 2.15. The monoisotopic (exact) mass is 173 g/mol. The molecule has 0 amide bonds. The molecule has 74 valence electrons. The molecular weight excluding hydrogens is 150 g/mol. The molecule has 0 aliphatic rings. The highest BCUT2D eigenvalue weighted by atomic mass is 16.3. The fraction of sp³-hybridized carbons (Fsp3) is 0.400. The maximum Gasteiger partial charge on any atom is 0.0605 e. The third kappa shape index (κ3) is 132. The van der Waals surface area contributed by atoms with Gasteiger partial charge in [0.15, 0.2) is 0 Å². The Labute approximate surface area is 77.1 Å². The van der Waals surface area contributed by atoms with Crippen LogP contribution in [-0.4, -0.2) is 17.3 Å². The van der Waals surface area contributed by atoms with Gasteiger partial charge in [0.05, 0.1) is 6.61 Å². The largest absolute Gasteiger partial charge is 0.394 e. The van der Waals surface area contributed by atoms with Crippen LogP contribution in [0.3, 0.4) is 0 Å². The van der Waals surface area contributed by atoms with Crippen molar-refractivity contribution in [1.82, 2.24) is 0 Å². The molecule has 0 spiro atoms. The Balaban J connectivity index is -0.0000000453. The molecule has 0 aromatic heterocycles. The van der Waals surface area contributed by atoms with Crippen LogP contribution in [0.2, 0.25) is 0 Å². The van der Waals surface area contributed by atoms with Crippen LogP contribution in [0, 0.1) is 0 Å². The minimum atomic E-state index is -0.403. The Kier molecular flexibility index (Phi) is 42.1. The van der Waals surface area contributed by atoms with Gasteiger partial charge in [0.25, 0.3) is 0 Å². The van der Waals surface area contributed by atoms with E-state index in [1.807, 2.05) is 0 Å². The Hall–Kier alpha value is -0.860. The Bertz CT molecular complexity index is 62.0. The Morgan fingerprint density at radius 3 is 1.08 bits per heavy atom. The number of aliphatic hydroxyl groups is 1. The van der Waals surface area contributed by atoms with Crippen LogP contribution in [0.25, 0.3) is 0 Å². The maximum absolute atomic E-state index is 8.28. The highest BCUT2D eigenvalue weighted by Gasteiger charge is 2.05. The zero-order chi connectivity index (χ0) is 11.2. The lowest BCUT2D eigenvalue weighted by atomic mass is 10.1. The normalized spacial score (nSPS) is 7.00. The molecule has 3 N–H and O–H groups in total. The van der Waals surface area contributed by atoms with E-state index in [-0.39, 0.29) is 6.61 Å². The zero-order valence-electron chi connectivity index (χ0n) is 8.47. The van der Waals surface area contributed by atoms with Crippen molar-refractivity contribution in [3.05, 3.63) is 39.5 Å². The van der Waals surface area contributed by atoms with E-state index >= 15 is 0 Å². The summed E-state index contributed by atoms with van der Waals surface area (Å²) < 4.78 is 0. The van der Waals surface area contributed by atoms with Crippen LogP contribution in [0.4, 0.5) is 0 Å². The number of aliphatic hydroxyl groups excluding tert-OH is 1. The van der Waals surface area contributed by atoms with Crippen LogP contribution < -0.4 is 5.73 Å². The number of nitrogens with two attached hydrogens (primary N) is 1. The quantitative estimate of drug-likeness (QED) is 0.597. The molecule has 0 saturated heterocycles. The van der Waals surface area contributed by atoms with Crippen LogP contribution in [0.1, 0.15) is 13.8 Å². The van der Waals surface area contributed by atoms with Crippen LogP contribution in [-0.2, 0) is 0 Å². The van der Waals surface area contributed by atoms with E-state index in [9.17, 15) is 0 Å². The summed E-state index contributed by atoms with van der Waals surface area (Å²) in [5, 5.41) is 8.28. The topological polar surface area (TPSA) is 46.2 Å². The van der Waals surface area contributed by atoms with Crippen LogP contribution in [0.5, 0.6) is 0 Å². The molecule has 12 heavy (non-hydrogen) atoms. The van der Waals surface area contributed by atoms with Gasteiger partial charge in [-0.05, 0) is 13.8 Å². The number of hydrogen-bond donors (Lipinski definition) is 2. The van der Waals surface area contributed by atoms with Crippen molar-refractivity contribution in [2.45, 2.75) is 19.4 Å². The molecule has 0 rings (SSSR count). The van der Waals surface area contributed by atoms with Crippen molar-refractivity contribution >= 4 is 0 Å². The first-order valence-electron chi connectivity index (χ1n) is 3.46. The first kappa shape index (κ1) is 22.5. The van der Waals surface area contributed by atoms with E-state index in [0.717, 1.165) is 0 Å². The smallest absolute Gasteiger partial charge is 0.0605 e. The molecule has 0 saturated carbocycles. The summed E-state index contributed by atoms with van der Waals surface area (Å²) in [7, 11) is 0. The zero-order valence-corrected chi connectivity index (χ0v) is 8.47. The summed E-state index contributed by atoms with van der Waals surface area (Å²) in [6.45, 7) is 21.6. The second kappa shape index (κ2) is 22.5. The van der Waals surface area contributed by atoms with Crippen molar-refractivity contribution < 1.29 is 5.11 Å². The Morgan fingerprint density at radius 1 is 1.00 bits per heavy atom. The van der Waals surface area contributed by atoms with Gasteiger partial charge in [-0.1, -0.05) is 0 Å². The van der Waals surface area contributed by atoms with E-state index in [1.165, 1.54) is 0 Å². The minimum Gasteiger partial charge on any atom is -0.394 e.